The summed E-state index contributed by atoms with van der Waals surface area (Å²) in [6.07, 6.45) is 5.18. The number of imide groups is 1. The monoisotopic (exact) mass is 444 g/mol. The maximum absolute atomic E-state index is 12.9. The van der Waals surface area contributed by atoms with Crippen LogP contribution in [0.1, 0.15) is 24.8 Å². The van der Waals surface area contributed by atoms with E-state index >= 15 is 0 Å². The van der Waals surface area contributed by atoms with Crippen LogP contribution in [0.25, 0.3) is 0 Å². The molecule has 0 aromatic heterocycles. The van der Waals surface area contributed by atoms with Crippen LogP contribution in [0.5, 0.6) is 5.75 Å². The van der Waals surface area contributed by atoms with E-state index in [2.05, 4.69) is 0 Å². The Morgan fingerprint density at radius 2 is 1.61 bits per heavy atom. The van der Waals surface area contributed by atoms with Crippen LogP contribution in [0.15, 0.2) is 60.7 Å². The Balaban J connectivity index is 1.29. The molecule has 5 rings (SSSR count). The third-order valence-corrected chi connectivity index (χ3v) is 6.66. The lowest BCUT2D eigenvalue weighted by Crippen LogP contribution is -2.31. The quantitative estimate of drug-likeness (QED) is 0.312. The van der Waals surface area contributed by atoms with Crippen molar-refractivity contribution >= 4 is 35.1 Å². The normalized spacial score (nSPS) is 24.4. The molecular formula is C26H24N2O5. The summed E-state index contributed by atoms with van der Waals surface area (Å²) >= 11 is 0. The average molecular weight is 444 g/mol. The third-order valence-electron chi connectivity index (χ3n) is 6.66. The molecule has 3 aliphatic rings. The summed E-state index contributed by atoms with van der Waals surface area (Å²) in [6, 6.07) is 14.1. The molecule has 3 atom stereocenters. The van der Waals surface area contributed by atoms with Gasteiger partial charge in [-0.05, 0) is 55.7 Å². The van der Waals surface area contributed by atoms with Crippen LogP contribution >= 0.6 is 0 Å². The standard InChI is InChI=1S/C26H24N2O5/c1-16-13-19(11-12-22(16)28-24(30)20-9-5-6-10-21(20)25(28)31)33-26(32)17-14-23(29)27(15-17)18-7-3-2-4-8-18/h2-8,11-13,17,20-21H,9-10,14-15H2,1H3/t17-,20+,21+/m1/s1. The fourth-order valence-corrected chi connectivity index (χ4v) is 4.90. The number of fused-ring (bicyclic) bond motifs is 1. The highest BCUT2D eigenvalue weighted by Crippen LogP contribution is 2.39. The summed E-state index contributed by atoms with van der Waals surface area (Å²) in [7, 11) is 0. The highest BCUT2D eigenvalue weighted by molar-refractivity contribution is 6.22. The number of anilines is 2. The van der Waals surface area contributed by atoms with E-state index in [0.29, 0.717) is 29.8 Å². The summed E-state index contributed by atoms with van der Waals surface area (Å²) in [6.45, 7) is 2.05. The minimum absolute atomic E-state index is 0.0956. The first-order valence-corrected chi connectivity index (χ1v) is 11.1. The van der Waals surface area contributed by atoms with Gasteiger partial charge in [-0.2, -0.15) is 0 Å². The molecule has 2 saturated heterocycles. The molecule has 2 fully saturated rings. The summed E-state index contributed by atoms with van der Waals surface area (Å²) in [5, 5.41) is 0. The lowest BCUT2D eigenvalue weighted by Gasteiger charge is -2.19. The van der Waals surface area contributed by atoms with Gasteiger partial charge in [0.05, 0.1) is 23.4 Å². The van der Waals surface area contributed by atoms with Crippen molar-refractivity contribution in [2.75, 3.05) is 16.3 Å². The van der Waals surface area contributed by atoms with Gasteiger partial charge in [0, 0.05) is 18.7 Å². The Kier molecular flexibility index (Phi) is 5.32. The van der Waals surface area contributed by atoms with Gasteiger partial charge in [0.15, 0.2) is 0 Å². The summed E-state index contributed by atoms with van der Waals surface area (Å²) in [5.41, 5.74) is 1.95. The highest BCUT2D eigenvalue weighted by Gasteiger charge is 2.48. The van der Waals surface area contributed by atoms with Gasteiger partial charge < -0.3 is 9.64 Å². The highest BCUT2D eigenvalue weighted by atomic mass is 16.5. The first-order chi connectivity index (χ1) is 15.9. The number of aryl methyl sites for hydroxylation is 1. The molecule has 7 nitrogen and oxygen atoms in total. The molecule has 7 heteroatoms. The first-order valence-electron chi connectivity index (χ1n) is 11.1. The number of para-hydroxylation sites is 1. The number of nitrogens with zero attached hydrogens (tertiary/aromatic N) is 2. The molecule has 2 aromatic rings. The molecular weight excluding hydrogens is 420 g/mol. The lowest BCUT2D eigenvalue weighted by molar-refractivity contribution is -0.139. The van der Waals surface area contributed by atoms with E-state index in [9.17, 15) is 19.2 Å². The van der Waals surface area contributed by atoms with Gasteiger partial charge in [-0.15, -0.1) is 0 Å². The number of esters is 1. The van der Waals surface area contributed by atoms with Crippen LogP contribution in [0.3, 0.4) is 0 Å². The molecule has 2 heterocycles. The second-order valence-electron chi connectivity index (χ2n) is 8.78. The molecule has 2 aromatic carbocycles. The molecule has 2 aliphatic heterocycles. The predicted molar refractivity (Wildman–Crippen MR) is 122 cm³/mol. The van der Waals surface area contributed by atoms with Gasteiger partial charge in [-0.25, -0.2) is 4.90 Å². The fraction of sp³-hybridized carbons (Fsp3) is 0.308. The molecule has 0 spiro atoms. The van der Waals surface area contributed by atoms with Crippen molar-refractivity contribution in [1.29, 1.82) is 0 Å². The van der Waals surface area contributed by atoms with Crippen molar-refractivity contribution in [3.63, 3.8) is 0 Å². The van der Waals surface area contributed by atoms with E-state index in [1.807, 2.05) is 42.5 Å². The number of benzene rings is 2. The van der Waals surface area contributed by atoms with E-state index in [1.54, 1.807) is 30.0 Å². The smallest absolute Gasteiger partial charge is 0.316 e. The van der Waals surface area contributed by atoms with Crippen LogP contribution in [-0.4, -0.2) is 30.2 Å². The maximum Gasteiger partial charge on any atom is 0.316 e. The van der Waals surface area contributed by atoms with Crippen molar-refractivity contribution in [3.8, 4) is 5.75 Å². The van der Waals surface area contributed by atoms with Crippen molar-refractivity contribution in [1.82, 2.24) is 0 Å². The Morgan fingerprint density at radius 1 is 0.939 bits per heavy atom. The Labute approximate surface area is 191 Å². The minimum Gasteiger partial charge on any atom is -0.426 e. The first kappa shape index (κ1) is 21.1. The number of amides is 3. The minimum atomic E-state index is -0.560. The van der Waals surface area contributed by atoms with Crippen LogP contribution in [-0.2, 0) is 19.2 Å². The Morgan fingerprint density at radius 3 is 2.24 bits per heavy atom. The predicted octanol–water partition coefficient (Wildman–Crippen LogP) is 3.41. The number of ether oxygens (including phenoxy) is 1. The zero-order valence-corrected chi connectivity index (χ0v) is 18.3. The molecule has 0 radical (unpaired) electrons. The van der Waals surface area contributed by atoms with Gasteiger partial charge in [0.1, 0.15) is 5.75 Å². The molecule has 0 unspecified atom stereocenters. The topological polar surface area (TPSA) is 84.0 Å². The van der Waals surface area contributed by atoms with Crippen LogP contribution in [0, 0.1) is 24.7 Å². The van der Waals surface area contributed by atoms with Crippen LogP contribution < -0.4 is 14.5 Å². The van der Waals surface area contributed by atoms with Gasteiger partial charge in [0.25, 0.3) is 0 Å². The van der Waals surface area contributed by atoms with Crippen molar-refractivity contribution in [2.45, 2.75) is 26.2 Å². The molecule has 0 bridgehead atoms. The zero-order valence-electron chi connectivity index (χ0n) is 18.3. The molecule has 0 N–H and O–H groups in total. The van der Waals surface area contributed by atoms with E-state index in [4.69, 9.17) is 4.74 Å². The summed E-state index contributed by atoms with van der Waals surface area (Å²) in [5.74, 6) is -1.77. The largest absolute Gasteiger partial charge is 0.426 e. The Bertz CT molecular complexity index is 1150. The second kappa shape index (κ2) is 8.31. The van der Waals surface area contributed by atoms with E-state index in [0.717, 1.165) is 5.69 Å². The number of hydrogen-bond acceptors (Lipinski definition) is 5. The number of carbonyl (C=O) groups is 4. The fourth-order valence-electron chi connectivity index (χ4n) is 4.90. The van der Waals surface area contributed by atoms with Crippen molar-refractivity contribution < 1.29 is 23.9 Å². The lowest BCUT2D eigenvalue weighted by atomic mass is 9.85. The molecule has 3 amide bonds. The zero-order chi connectivity index (χ0) is 23.1. The summed E-state index contributed by atoms with van der Waals surface area (Å²) < 4.78 is 5.56. The maximum atomic E-state index is 12.9. The van der Waals surface area contributed by atoms with Gasteiger partial charge in [0.2, 0.25) is 17.7 Å². The van der Waals surface area contributed by atoms with E-state index in [1.165, 1.54) is 4.90 Å². The Hall–Kier alpha value is -3.74. The van der Waals surface area contributed by atoms with Crippen molar-refractivity contribution in [3.05, 3.63) is 66.2 Å². The second-order valence-corrected chi connectivity index (χ2v) is 8.78. The van der Waals surface area contributed by atoms with E-state index < -0.39 is 11.9 Å². The molecule has 1 aliphatic carbocycles. The number of allylic oxidation sites excluding steroid dienone is 2. The van der Waals surface area contributed by atoms with Gasteiger partial charge in [-0.1, -0.05) is 30.4 Å². The SMILES string of the molecule is Cc1cc(OC(=O)[C@@H]2CC(=O)N(c3ccccc3)C2)ccc1N1C(=O)[C@H]2CC=CC[C@@H]2C1=O. The van der Waals surface area contributed by atoms with Crippen LogP contribution in [0.2, 0.25) is 0 Å². The van der Waals surface area contributed by atoms with Crippen molar-refractivity contribution in [2.24, 2.45) is 17.8 Å². The van der Waals surface area contributed by atoms with Crippen LogP contribution in [0.4, 0.5) is 11.4 Å². The molecule has 33 heavy (non-hydrogen) atoms. The van der Waals surface area contributed by atoms with Gasteiger partial charge in [-0.3, -0.25) is 19.2 Å². The molecule has 0 saturated carbocycles. The third kappa shape index (κ3) is 3.73. The molecule has 168 valence electrons. The number of carbonyl (C=O) groups excluding carboxylic acids is 4. The number of hydrogen-bond donors (Lipinski definition) is 0. The summed E-state index contributed by atoms with van der Waals surface area (Å²) in [4.78, 5) is 53.7. The number of rotatable bonds is 4. The van der Waals surface area contributed by atoms with Gasteiger partial charge >= 0.3 is 5.97 Å². The van der Waals surface area contributed by atoms with E-state index in [-0.39, 0.29) is 42.5 Å². The average Bonchev–Trinajstić information content (AvgIpc) is 3.33.